The molecule has 1 aliphatic heterocycles. The van der Waals surface area contributed by atoms with E-state index in [0.29, 0.717) is 23.2 Å². The van der Waals surface area contributed by atoms with Gasteiger partial charge in [0.1, 0.15) is 0 Å². The van der Waals surface area contributed by atoms with Crippen LogP contribution in [-0.4, -0.2) is 36.5 Å². The van der Waals surface area contributed by atoms with Gasteiger partial charge in [0.25, 0.3) is 5.91 Å². The van der Waals surface area contributed by atoms with Crippen LogP contribution in [0.5, 0.6) is 0 Å². The summed E-state index contributed by atoms with van der Waals surface area (Å²) < 4.78 is 0.793. The van der Waals surface area contributed by atoms with E-state index in [-0.39, 0.29) is 5.91 Å². The van der Waals surface area contributed by atoms with Crippen LogP contribution in [0.1, 0.15) is 36.5 Å². The Bertz CT molecular complexity index is 475. The number of benzene rings is 1. The van der Waals surface area contributed by atoms with Crippen LogP contribution in [0.4, 0.5) is 0 Å². The van der Waals surface area contributed by atoms with E-state index in [1.165, 1.54) is 12.8 Å². The van der Waals surface area contributed by atoms with E-state index in [0.717, 1.165) is 24.0 Å². The predicted octanol–water partition coefficient (Wildman–Crippen LogP) is 3.71. The Balaban J connectivity index is 2.09. The monoisotopic (exact) mass is 358 g/mol. The number of halogens is 2. The fraction of sp³-hybridized carbons (Fsp3) is 0.533. The largest absolute Gasteiger partial charge is 0.337 e. The molecule has 1 aliphatic rings. The van der Waals surface area contributed by atoms with Gasteiger partial charge in [-0.25, -0.2) is 0 Å². The maximum absolute atomic E-state index is 12.6. The van der Waals surface area contributed by atoms with E-state index in [9.17, 15) is 4.79 Å². The summed E-state index contributed by atoms with van der Waals surface area (Å²) in [5.74, 6) is 0.0363. The minimum absolute atomic E-state index is 0.0363. The molecule has 0 radical (unpaired) electrons. The zero-order valence-corrected chi connectivity index (χ0v) is 14.0. The molecule has 1 amide bonds. The second-order valence-electron chi connectivity index (χ2n) is 5.11. The lowest BCUT2D eigenvalue weighted by Crippen LogP contribution is -2.45. The second kappa shape index (κ2) is 7.43. The van der Waals surface area contributed by atoms with Crippen molar-refractivity contribution in [2.45, 2.75) is 32.2 Å². The molecule has 5 heteroatoms. The van der Waals surface area contributed by atoms with Gasteiger partial charge in [-0.1, -0.05) is 18.0 Å². The van der Waals surface area contributed by atoms with E-state index in [2.05, 4.69) is 21.2 Å². The van der Waals surface area contributed by atoms with Gasteiger partial charge >= 0.3 is 0 Å². The fourth-order valence-corrected chi connectivity index (χ4v) is 3.12. The third-order valence-corrected chi connectivity index (χ3v) is 4.61. The van der Waals surface area contributed by atoms with Gasteiger partial charge in [-0.3, -0.25) is 4.79 Å². The number of nitrogens with zero attached hydrogens (tertiary/aromatic N) is 1. The molecule has 1 heterocycles. The van der Waals surface area contributed by atoms with Crippen molar-refractivity contribution in [3.8, 4) is 0 Å². The first-order valence-corrected chi connectivity index (χ1v) is 8.26. The van der Waals surface area contributed by atoms with Gasteiger partial charge in [0.05, 0.1) is 5.56 Å². The van der Waals surface area contributed by atoms with Gasteiger partial charge < -0.3 is 10.2 Å². The zero-order valence-electron chi connectivity index (χ0n) is 11.7. The molecule has 110 valence electrons. The zero-order chi connectivity index (χ0) is 14.5. The summed E-state index contributed by atoms with van der Waals surface area (Å²) in [6, 6.07) is 5.74. The number of amides is 1. The highest BCUT2D eigenvalue weighted by Crippen LogP contribution is 2.23. The molecule has 0 aliphatic carbocycles. The van der Waals surface area contributed by atoms with Gasteiger partial charge in [0.15, 0.2) is 0 Å². The van der Waals surface area contributed by atoms with Crippen LogP contribution < -0.4 is 5.32 Å². The van der Waals surface area contributed by atoms with Crippen molar-refractivity contribution >= 4 is 33.4 Å². The molecule has 1 saturated heterocycles. The smallest absolute Gasteiger partial charge is 0.255 e. The molecule has 0 saturated carbocycles. The SMILES string of the molecule is CCN(CC1CCCCN1)C(=O)c1cc(Cl)ccc1Br. The van der Waals surface area contributed by atoms with Gasteiger partial charge in [-0.15, -0.1) is 0 Å². The highest BCUT2D eigenvalue weighted by atomic mass is 79.9. The summed E-state index contributed by atoms with van der Waals surface area (Å²) in [5.41, 5.74) is 0.634. The maximum atomic E-state index is 12.6. The Kier molecular flexibility index (Phi) is 5.87. The molecule has 1 unspecified atom stereocenters. The molecule has 3 nitrogen and oxygen atoms in total. The molecule has 2 rings (SSSR count). The first-order valence-electron chi connectivity index (χ1n) is 7.09. The van der Waals surface area contributed by atoms with E-state index < -0.39 is 0 Å². The molecular formula is C15H20BrClN2O. The number of carbonyl (C=O) groups excluding carboxylic acids is 1. The number of carbonyl (C=O) groups is 1. The number of rotatable bonds is 4. The number of piperidine rings is 1. The summed E-state index contributed by atoms with van der Waals surface area (Å²) in [4.78, 5) is 14.5. The number of hydrogen-bond acceptors (Lipinski definition) is 2. The quantitative estimate of drug-likeness (QED) is 0.889. The van der Waals surface area contributed by atoms with Crippen molar-refractivity contribution in [2.75, 3.05) is 19.6 Å². The Hall–Kier alpha value is -0.580. The summed E-state index contributed by atoms with van der Waals surface area (Å²) >= 11 is 9.43. The average Bonchev–Trinajstić information content (AvgIpc) is 2.47. The number of nitrogens with one attached hydrogen (secondary N) is 1. The molecular weight excluding hydrogens is 340 g/mol. The van der Waals surface area contributed by atoms with Gasteiger partial charge in [0, 0.05) is 28.6 Å². The minimum atomic E-state index is 0.0363. The van der Waals surface area contributed by atoms with Crippen LogP contribution in [0.25, 0.3) is 0 Å². The lowest BCUT2D eigenvalue weighted by molar-refractivity contribution is 0.0740. The van der Waals surface area contributed by atoms with Crippen molar-refractivity contribution in [3.63, 3.8) is 0 Å². The average molecular weight is 360 g/mol. The summed E-state index contributed by atoms with van der Waals surface area (Å²) in [5, 5.41) is 4.07. The van der Waals surface area contributed by atoms with E-state index in [4.69, 9.17) is 11.6 Å². The summed E-state index contributed by atoms with van der Waals surface area (Å²) in [6.45, 7) is 4.53. The molecule has 0 spiro atoms. The Labute approximate surface area is 133 Å². The van der Waals surface area contributed by atoms with Crippen LogP contribution in [0.3, 0.4) is 0 Å². The van der Waals surface area contributed by atoms with Crippen molar-refractivity contribution < 1.29 is 4.79 Å². The third kappa shape index (κ3) is 3.96. The fourth-order valence-electron chi connectivity index (χ4n) is 2.53. The molecule has 1 fully saturated rings. The summed E-state index contributed by atoms with van der Waals surface area (Å²) in [7, 11) is 0. The van der Waals surface area contributed by atoms with Crippen molar-refractivity contribution in [3.05, 3.63) is 33.3 Å². The summed E-state index contributed by atoms with van der Waals surface area (Å²) in [6.07, 6.45) is 3.61. The van der Waals surface area contributed by atoms with Gasteiger partial charge in [-0.2, -0.15) is 0 Å². The van der Waals surface area contributed by atoms with Crippen LogP contribution in [-0.2, 0) is 0 Å². The minimum Gasteiger partial charge on any atom is -0.337 e. The van der Waals surface area contributed by atoms with E-state index in [1.807, 2.05) is 17.9 Å². The first kappa shape index (κ1) is 15.8. The normalized spacial score (nSPS) is 18.9. The second-order valence-corrected chi connectivity index (χ2v) is 6.41. The maximum Gasteiger partial charge on any atom is 0.255 e. The highest BCUT2D eigenvalue weighted by Gasteiger charge is 2.22. The van der Waals surface area contributed by atoms with Crippen molar-refractivity contribution in [1.82, 2.24) is 10.2 Å². The van der Waals surface area contributed by atoms with Crippen LogP contribution >= 0.6 is 27.5 Å². The molecule has 20 heavy (non-hydrogen) atoms. The number of likely N-dealkylation sites (N-methyl/N-ethyl adjacent to an activating group) is 1. The van der Waals surface area contributed by atoms with E-state index in [1.54, 1.807) is 12.1 Å². The lowest BCUT2D eigenvalue weighted by Gasteiger charge is -2.30. The lowest BCUT2D eigenvalue weighted by atomic mass is 10.0. The first-order chi connectivity index (χ1) is 9.61. The van der Waals surface area contributed by atoms with Gasteiger partial charge in [-0.05, 0) is 60.4 Å². The predicted molar refractivity (Wildman–Crippen MR) is 86.4 cm³/mol. The molecule has 1 aromatic rings. The molecule has 1 atom stereocenters. The Morgan fingerprint density at radius 3 is 2.95 bits per heavy atom. The van der Waals surface area contributed by atoms with Crippen LogP contribution in [0, 0.1) is 0 Å². The van der Waals surface area contributed by atoms with Gasteiger partial charge in [0.2, 0.25) is 0 Å². The Morgan fingerprint density at radius 1 is 1.50 bits per heavy atom. The molecule has 1 aromatic carbocycles. The van der Waals surface area contributed by atoms with Crippen molar-refractivity contribution in [1.29, 1.82) is 0 Å². The van der Waals surface area contributed by atoms with Crippen LogP contribution in [0.2, 0.25) is 5.02 Å². The molecule has 1 N–H and O–H groups in total. The standard InChI is InChI=1S/C15H20BrClN2O/c1-2-19(10-12-5-3-4-8-18-12)15(20)13-9-11(17)6-7-14(13)16/h6-7,9,12,18H,2-5,8,10H2,1H3. The highest BCUT2D eigenvalue weighted by molar-refractivity contribution is 9.10. The van der Waals surface area contributed by atoms with E-state index >= 15 is 0 Å². The number of hydrogen-bond donors (Lipinski definition) is 1. The Morgan fingerprint density at radius 2 is 2.30 bits per heavy atom. The molecule has 0 bridgehead atoms. The topological polar surface area (TPSA) is 32.3 Å². The van der Waals surface area contributed by atoms with Crippen molar-refractivity contribution in [2.24, 2.45) is 0 Å². The van der Waals surface area contributed by atoms with Crippen LogP contribution in [0.15, 0.2) is 22.7 Å². The third-order valence-electron chi connectivity index (χ3n) is 3.68. The molecule has 0 aromatic heterocycles.